The molecule has 4 rings (SSSR count). The average Bonchev–Trinajstić information content (AvgIpc) is 3.23. The van der Waals surface area contributed by atoms with Crippen LogP contribution in [0.5, 0.6) is 11.5 Å². The molecule has 0 aliphatic heterocycles. The Morgan fingerprint density at radius 1 is 1.14 bits per heavy atom. The van der Waals surface area contributed by atoms with Gasteiger partial charge in [0.1, 0.15) is 11.9 Å². The molecule has 1 heterocycles. The van der Waals surface area contributed by atoms with E-state index in [1.807, 2.05) is 24.3 Å². The first-order valence-electron chi connectivity index (χ1n) is 9.66. The van der Waals surface area contributed by atoms with Crippen molar-refractivity contribution in [1.29, 1.82) is 5.26 Å². The molecule has 0 aliphatic carbocycles. The lowest BCUT2D eigenvalue weighted by Crippen LogP contribution is -2.06. The van der Waals surface area contributed by atoms with Crippen molar-refractivity contribution in [2.45, 2.75) is 6.18 Å². The van der Waals surface area contributed by atoms with Gasteiger partial charge < -0.3 is 9.72 Å². The van der Waals surface area contributed by atoms with Gasteiger partial charge in [-0.15, -0.1) is 0 Å². The summed E-state index contributed by atoms with van der Waals surface area (Å²) in [5, 5.41) is 21.0. The second kappa shape index (κ2) is 9.52. The van der Waals surface area contributed by atoms with E-state index < -0.39 is 22.4 Å². The van der Waals surface area contributed by atoms with Gasteiger partial charge in [0.25, 0.3) is 0 Å². The first kappa shape index (κ1) is 24.4. The molecular formula is C23H11Br2F3N4O3. The molecule has 1 N–H and O–H groups in total. The fourth-order valence-corrected chi connectivity index (χ4v) is 4.58. The van der Waals surface area contributed by atoms with E-state index in [0.29, 0.717) is 38.0 Å². The number of halogens is 5. The number of nitriles is 1. The molecule has 3 aromatic carbocycles. The van der Waals surface area contributed by atoms with Gasteiger partial charge in [0.15, 0.2) is 5.75 Å². The van der Waals surface area contributed by atoms with Crippen LogP contribution in [0.25, 0.3) is 22.7 Å². The molecule has 0 radical (unpaired) electrons. The van der Waals surface area contributed by atoms with Crippen LogP contribution in [0.4, 0.5) is 18.9 Å². The number of rotatable bonds is 5. The third-order valence-electron chi connectivity index (χ3n) is 4.79. The number of nitrogens with one attached hydrogen (secondary N) is 1. The van der Waals surface area contributed by atoms with Crippen LogP contribution in [0, 0.1) is 21.4 Å². The summed E-state index contributed by atoms with van der Waals surface area (Å²) in [5.74, 6) is 0.113. The van der Waals surface area contributed by atoms with Gasteiger partial charge in [0.05, 0.1) is 36.0 Å². The van der Waals surface area contributed by atoms with Crippen molar-refractivity contribution in [2.75, 3.05) is 0 Å². The number of nitro benzene ring substituents is 1. The van der Waals surface area contributed by atoms with Crippen molar-refractivity contribution < 1.29 is 22.8 Å². The van der Waals surface area contributed by atoms with E-state index in [1.165, 1.54) is 0 Å². The quantitative estimate of drug-likeness (QED) is 0.141. The third-order valence-corrected chi connectivity index (χ3v) is 5.97. The van der Waals surface area contributed by atoms with Crippen molar-refractivity contribution in [2.24, 2.45) is 0 Å². The predicted molar refractivity (Wildman–Crippen MR) is 130 cm³/mol. The topological polar surface area (TPSA) is 105 Å². The fourth-order valence-electron chi connectivity index (χ4n) is 3.19. The number of alkyl halides is 3. The SMILES string of the molecule is N#C/C(=C\c1cc(Br)c(Oc2ccc(C(F)(F)F)cc2[N+](=O)[O-])c(Br)c1)c1nc2ccccc2[nH]1. The molecule has 0 saturated carbocycles. The van der Waals surface area contributed by atoms with E-state index >= 15 is 0 Å². The maximum Gasteiger partial charge on any atom is 0.416 e. The zero-order chi connectivity index (χ0) is 25.3. The van der Waals surface area contributed by atoms with Gasteiger partial charge in [-0.1, -0.05) is 12.1 Å². The zero-order valence-corrected chi connectivity index (χ0v) is 20.4. The first-order valence-corrected chi connectivity index (χ1v) is 11.2. The number of fused-ring (bicyclic) bond motifs is 1. The third kappa shape index (κ3) is 5.21. The first-order chi connectivity index (χ1) is 16.6. The molecule has 0 saturated heterocycles. The number of aromatic nitrogens is 2. The highest BCUT2D eigenvalue weighted by atomic mass is 79.9. The molecule has 0 amide bonds. The summed E-state index contributed by atoms with van der Waals surface area (Å²) in [4.78, 5) is 17.9. The molecular weight excluding hydrogens is 597 g/mol. The number of H-pyrrole nitrogens is 1. The van der Waals surface area contributed by atoms with Crippen molar-refractivity contribution in [3.05, 3.63) is 90.6 Å². The van der Waals surface area contributed by atoms with Gasteiger partial charge in [-0.25, -0.2) is 4.98 Å². The number of aromatic amines is 1. The van der Waals surface area contributed by atoms with Gasteiger partial charge >= 0.3 is 11.9 Å². The highest BCUT2D eigenvalue weighted by Crippen LogP contribution is 2.43. The number of allylic oxidation sites excluding steroid dienone is 1. The average molecular weight is 608 g/mol. The number of hydrogen-bond donors (Lipinski definition) is 1. The van der Waals surface area contributed by atoms with Gasteiger partial charge in [-0.05, 0) is 79.9 Å². The Morgan fingerprint density at radius 2 is 1.83 bits per heavy atom. The molecule has 0 bridgehead atoms. The number of ether oxygens (including phenoxy) is 1. The summed E-state index contributed by atoms with van der Waals surface area (Å²) in [6, 6.07) is 14.6. The Kier molecular flexibility index (Phi) is 6.64. The van der Waals surface area contributed by atoms with Crippen LogP contribution in [0.2, 0.25) is 0 Å². The van der Waals surface area contributed by atoms with Crippen molar-refractivity contribution in [1.82, 2.24) is 9.97 Å². The predicted octanol–water partition coefficient (Wildman–Crippen LogP) is 7.87. The Balaban J connectivity index is 1.69. The normalized spacial score (nSPS) is 11.9. The summed E-state index contributed by atoms with van der Waals surface area (Å²) in [5.41, 5.74) is 0.298. The minimum Gasteiger partial charge on any atom is -0.448 e. The van der Waals surface area contributed by atoms with E-state index in [-0.39, 0.29) is 17.1 Å². The summed E-state index contributed by atoms with van der Waals surface area (Å²) in [6.45, 7) is 0. The maximum atomic E-state index is 13.0. The lowest BCUT2D eigenvalue weighted by atomic mass is 10.1. The Morgan fingerprint density at radius 3 is 2.43 bits per heavy atom. The molecule has 0 atom stereocenters. The minimum absolute atomic E-state index is 0.104. The molecule has 4 aromatic rings. The number of para-hydroxylation sites is 2. The van der Waals surface area contributed by atoms with Crippen LogP contribution in [0.3, 0.4) is 0 Å². The molecule has 7 nitrogen and oxygen atoms in total. The molecule has 0 aliphatic rings. The fraction of sp³-hybridized carbons (Fsp3) is 0.0435. The van der Waals surface area contributed by atoms with Gasteiger partial charge in [-0.3, -0.25) is 10.1 Å². The highest BCUT2D eigenvalue weighted by Gasteiger charge is 2.33. The van der Waals surface area contributed by atoms with E-state index in [0.717, 1.165) is 11.6 Å². The molecule has 0 fully saturated rings. The van der Waals surface area contributed by atoms with Crippen LogP contribution in [0.15, 0.2) is 63.5 Å². The number of nitro groups is 1. The second-order valence-electron chi connectivity index (χ2n) is 7.13. The molecule has 35 heavy (non-hydrogen) atoms. The van der Waals surface area contributed by atoms with Crippen LogP contribution in [0.1, 0.15) is 17.0 Å². The van der Waals surface area contributed by atoms with Crippen LogP contribution < -0.4 is 4.74 Å². The minimum atomic E-state index is -4.74. The summed E-state index contributed by atoms with van der Waals surface area (Å²) < 4.78 is 45.2. The van der Waals surface area contributed by atoms with Crippen molar-refractivity contribution in [3.63, 3.8) is 0 Å². The Bertz CT molecular complexity index is 1490. The van der Waals surface area contributed by atoms with Crippen molar-refractivity contribution in [3.8, 4) is 17.6 Å². The van der Waals surface area contributed by atoms with E-state index in [2.05, 4.69) is 47.9 Å². The number of hydrogen-bond acceptors (Lipinski definition) is 5. The molecule has 12 heteroatoms. The van der Waals surface area contributed by atoms with E-state index in [1.54, 1.807) is 18.2 Å². The van der Waals surface area contributed by atoms with Gasteiger partial charge in [-0.2, -0.15) is 18.4 Å². The lowest BCUT2D eigenvalue weighted by Gasteiger charge is -2.13. The summed E-state index contributed by atoms with van der Waals surface area (Å²) in [6.07, 6.45) is -3.16. The van der Waals surface area contributed by atoms with Crippen LogP contribution in [-0.4, -0.2) is 14.9 Å². The van der Waals surface area contributed by atoms with E-state index in [4.69, 9.17) is 4.74 Å². The standard InChI is InChI=1S/C23H11Br2F3N4O3/c24-15-8-12(7-13(11-29)22-30-17-3-1-2-4-18(17)31-22)9-16(25)21(15)35-20-6-5-14(23(26,27)28)10-19(20)32(33)34/h1-10H,(H,30,31)/b13-7+. The molecule has 1 aromatic heterocycles. The largest absolute Gasteiger partial charge is 0.448 e. The van der Waals surface area contributed by atoms with Crippen LogP contribution in [-0.2, 0) is 6.18 Å². The van der Waals surface area contributed by atoms with Crippen LogP contribution >= 0.6 is 31.9 Å². The molecule has 0 unspecified atom stereocenters. The zero-order valence-electron chi connectivity index (χ0n) is 17.2. The van der Waals surface area contributed by atoms with Crippen molar-refractivity contribution >= 4 is 60.2 Å². The summed E-state index contributed by atoms with van der Waals surface area (Å²) in [7, 11) is 0. The Labute approximate surface area is 212 Å². The molecule has 0 spiro atoms. The highest BCUT2D eigenvalue weighted by molar-refractivity contribution is 9.11. The van der Waals surface area contributed by atoms with Gasteiger partial charge in [0.2, 0.25) is 5.75 Å². The summed E-state index contributed by atoms with van der Waals surface area (Å²) >= 11 is 6.64. The van der Waals surface area contributed by atoms with E-state index in [9.17, 15) is 28.5 Å². The Hall–Kier alpha value is -3.69. The smallest absolute Gasteiger partial charge is 0.416 e. The maximum absolute atomic E-state index is 13.0. The lowest BCUT2D eigenvalue weighted by molar-refractivity contribution is -0.385. The van der Waals surface area contributed by atoms with Gasteiger partial charge in [0, 0.05) is 6.07 Å². The number of nitrogens with zero attached hydrogens (tertiary/aromatic N) is 3. The second-order valence-corrected chi connectivity index (χ2v) is 8.83. The number of imidazole rings is 1. The molecule has 176 valence electrons. The monoisotopic (exact) mass is 606 g/mol. The number of benzene rings is 3.